The second kappa shape index (κ2) is 7.56. The van der Waals surface area contributed by atoms with Crippen molar-refractivity contribution in [3.05, 3.63) is 60.2 Å². The van der Waals surface area contributed by atoms with E-state index in [1.165, 1.54) is 0 Å². The number of para-hydroxylation sites is 1. The minimum Gasteiger partial charge on any atom is -0.497 e. The molecule has 1 amide bonds. The Balaban J connectivity index is 1.56. The third-order valence-corrected chi connectivity index (χ3v) is 7.26. The van der Waals surface area contributed by atoms with Crippen LogP contribution in [0, 0.1) is 0 Å². The Labute approximate surface area is 165 Å². The lowest BCUT2D eigenvalue weighted by molar-refractivity contribution is -0.123. The van der Waals surface area contributed by atoms with Gasteiger partial charge in [-0.15, -0.1) is 0 Å². The Morgan fingerprint density at radius 2 is 1.79 bits per heavy atom. The highest BCUT2D eigenvalue weighted by molar-refractivity contribution is 7.91. The smallest absolute Gasteiger partial charge is 0.241 e. The molecule has 7 heteroatoms. The van der Waals surface area contributed by atoms with Crippen LogP contribution in [-0.2, 0) is 21.1 Å². The maximum Gasteiger partial charge on any atom is 0.241 e. The number of carbonyl (C=O) groups is 1. The molecule has 0 aromatic heterocycles. The highest BCUT2D eigenvalue weighted by Crippen LogP contribution is 2.31. The Morgan fingerprint density at radius 3 is 2.54 bits per heavy atom. The number of methoxy groups -OCH3 is 1. The van der Waals surface area contributed by atoms with E-state index in [1.54, 1.807) is 12.0 Å². The second-order valence-corrected chi connectivity index (χ2v) is 9.54. The molecule has 2 aliphatic heterocycles. The molecule has 2 heterocycles. The predicted octanol–water partition coefficient (Wildman–Crippen LogP) is 1.75. The molecule has 0 spiro atoms. The van der Waals surface area contributed by atoms with Gasteiger partial charge >= 0.3 is 0 Å². The molecular formula is C21H24N2O4S. The quantitative estimate of drug-likeness (QED) is 0.765. The van der Waals surface area contributed by atoms with Crippen molar-refractivity contribution in [2.24, 2.45) is 0 Å². The summed E-state index contributed by atoms with van der Waals surface area (Å²) in [5.41, 5.74) is 1.88. The molecule has 148 valence electrons. The number of rotatable bonds is 5. The largest absolute Gasteiger partial charge is 0.497 e. The molecule has 0 saturated carbocycles. The third kappa shape index (κ3) is 3.77. The Morgan fingerprint density at radius 1 is 1.04 bits per heavy atom. The van der Waals surface area contributed by atoms with Crippen LogP contribution in [0.2, 0.25) is 0 Å². The third-order valence-electron chi connectivity index (χ3n) is 5.56. The summed E-state index contributed by atoms with van der Waals surface area (Å²) in [7, 11) is -1.54. The van der Waals surface area contributed by atoms with Crippen molar-refractivity contribution < 1.29 is 17.9 Å². The summed E-state index contributed by atoms with van der Waals surface area (Å²) in [6, 6.07) is 16.7. The summed E-state index contributed by atoms with van der Waals surface area (Å²) >= 11 is 0. The molecule has 6 nitrogen and oxygen atoms in total. The molecule has 2 fully saturated rings. The van der Waals surface area contributed by atoms with Gasteiger partial charge in [-0.3, -0.25) is 9.69 Å². The number of ether oxygens (including phenoxy) is 1. The molecule has 2 saturated heterocycles. The standard InChI is InChI=1S/C21H24N2O4S/c1-27-18-9-5-6-16(12-18)10-11-22-13-21(24)23(17-7-3-2-4-8-17)20-15-28(25,26)14-19(20)22/h2-9,12,19-20H,10-11,13-15H2,1H3/t19-,20+/m1/s1. The van der Waals surface area contributed by atoms with Gasteiger partial charge in [0.25, 0.3) is 0 Å². The number of sulfone groups is 1. The van der Waals surface area contributed by atoms with E-state index in [9.17, 15) is 13.2 Å². The first kappa shape index (κ1) is 19.0. The van der Waals surface area contributed by atoms with Gasteiger partial charge < -0.3 is 9.64 Å². The zero-order chi connectivity index (χ0) is 19.7. The van der Waals surface area contributed by atoms with Crippen molar-refractivity contribution in [1.29, 1.82) is 0 Å². The van der Waals surface area contributed by atoms with E-state index in [0.717, 1.165) is 23.4 Å². The summed E-state index contributed by atoms with van der Waals surface area (Å²) in [6.45, 7) is 0.869. The van der Waals surface area contributed by atoms with Gasteiger partial charge in [0.1, 0.15) is 5.75 Å². The van der Waals surface area contributed by atoms with Gasteiger partial charge in [0.05, 0.1) is 31.2 Å². The van der Waals surface area contributed by atoms with E-state index in [-0.39, 0.29) is 36.0 Å². The van der Waals surface area contributed by atoms with Gasteiger partial charge in [0, 0.05) is 18.3 Å². The van der Waals surface area contributed by atoms with Crippen LogP contribution < -0.4 is 9.64 Å². The van der Waals surface area contributed by atoms with Crippen LogP contribution in [0.3, 0.4) is 0 Å². The van der Waals surface area contributed by atoms with Gasteiger partial charge in [-0.25, -0.2) is 8.42 Å². The molecular weight excluding hydrogens is 376 g/mol. The van der Waals surface area contributed by atoms with Crippen LogP contribution in [0.4, 0.5) is 5.69 Å². The van der Waals surface area contributed by atoms with Crippen molar-refractivity contribution in [2.75, 3.05) is 36.6 Å². The molecule has 2 aliphatic rings. The van der Waals surface area contributed by atoms with E-state index in [0.29, 0.717) is 6.54 Å². The Kier molecular flexibility index (Phi) is 5.12. The molecule has 0 unspecified atom stereocenters. The maximum absolute atomic E-state index is 12.9. The Bertz CT molecular complexity index is 961. The zero-order valence-corrected chi connectivity index (χ0v) is 16.6. The topological polar surface area (TPSA) is 66.9 Å². The van der Waals surface area contributed by atoms with E-state index >= 15 is 0 Å². The van der Waals surface area contributed by atoms with Gasteiger partial charge in [-0.2, -0.15) is 0 Å². The first-order valence-corrected chi connectivity index (χ1v) is 11.2. The number of benzene rings is 2. The first-order chi connectivity index (χ1) is 13.5. The second-order valence-electron chi connectivity index (χ2n) is 7.38. The van der Waals surface area contributed by atoms with Crippen molar-refractivity contribution in [3.8, 4) is 5.75 Å². The summed E-state index contributed by atoms with van der Waals surface area (Å²) in [6.07, 6.45) is 0.735. The van der Waals surface area contributed by atoms with E-state index in [2.05, 4.69) is 0 Å². The number of nitrogens with zero attached hydrogens (tertiary/aromatic N) is 2. The van der Waals surface area contributed by atoms with Crippen LogP contribution >= 0.6 is 0 Å². The van der Waals surface area contributed by atoms with Crippen molar-refractivity contribution in [1.82, 2.24) is 4.90 Å². The minimum atomic E-state index is -3.18. The number of piperazine rings is 1. The molecule has 2 atom stereocenters. The molecule has 0 radical (unpaired) electrons. The summed E-state index contributed by atoms with van der Waals surface area (Å²) in [5, 5.41) is 0. The predicted molar refractivity (Wildman–Crippen MR) is 108 cm³/mol. The maximum atomic E-state index is 12.9. The lowest BCUT2D eigenvalue weighted by Crippen LogP contribution is -2.62. The van der Waals surface area contributed by atoms with Crippen molar-refractivity contribution >= 4 is 21.4 Å². The fourth-order valence-corrected chi connectivity index (χ4v) is 6.21. The number of amides is 1. The zero-order valence-electron chi connectivity index (χ0n) is 15.8. The van der Waals surface area contributed by atoms with Crippen LogP contribution in [0.1, 0.15) is 5.56 Å². The molecule has 4 rings (SSSR count). The van der Waals surface area contributed by atoms with Crippen molar-refractivity contribution in [3.63, 3.8) is 0 Å². The number of carbonyl (C=O) groups excluding carboxylic acids is 1. The average Bonchev–Trinajstić information content (AvgIpc) is 3.01. The van der Waals surface area contributed by atoms with E-state index < -0.39 is 9.84 Å². The summed E-state index contributed by atoms with van der Waals surface area (Å²) in [5.74, 6) is 0.874. The molecule has 0 bridgehead atoms. The van der Waals surface area contributed by atoms with Crippen LogP contribution in [0.5, 0.6) is 5.75 Å². The van der Waals surface area contributed by atoms with Crippen LogP contribution in [0.25, 0.3) is 0 Å². The van der Waals surface area contributed by atoms with Gasteiger partial charge in [0.15, 0.2) is 9.84 Å². The van der Waals surface area contributed by atoms with Gasteiger partial charge in [-0.05, 0) is 36.2 Å². The number of hydrogen-bond acceptors (Lipinski definition) is 5. The number of anilines is 1. The molecule has 0 N–H and O–H groups in total. The van der Waals surface area contributed by atoms with Gasteiger partial charge in [0.2, 0.25) is 5.91 Å². The highest BCUT2D eigenvalue weighted by Gasteiger charge is 2.49. The minimum absolute atomic E-state index is 0.0218. The molecule has 2 aromatic rings. The molecule has 28 heavy (non-hydrogen) atoms. The van der Waals surface area contributed by atoms with E-state index in [4.69, 9.17) is 4.74 Å². The normalized spacial score (nSPS) is 24.2. The lowest BCUT2D eigenvalue weighted by Gasteiger charge is -2.43. The highest BCUT2D eigenvalue weighted by atomic mass is 32.2. The molecule has 0 aliphatic carbocycles. The Hall–Kier alpha value is -2.38. The SMILES string of the molecule is COc1cccc(CCN2CC(=O)N(c3ccccc3)[C@H]3CS(=O)(=O)C[C@H]32)c1. The lowest BCUT2D eigenvalue weighted by atomic mass is 10.0. The average molecular weight is 401 g/mol. The van der Waals surface area contributed by atoms with E-state index in [1.807, 2.05) is 59.5 Å². The number of hydrogen-bond donors (Lipinski definition) is 0. The summed E-state index contributed by atoms with van der Waals surface area (Å²) in [4.78, 5) is 16.7. The first-order valence-electron chi connectivity index (χ1n) is 9.41. The molecule has 2 aromatic carbocycles. The number of fused-ring (bicyclic) bond motifs is 1. The van der Waals surface area contributed by atoms with Crippen molar-refractivity contribution in [2.45, 2.75) is 18.5 Å². The summed E-state index contributed by atoms with van der Waals surface area (Å²) < 4.78 is 30.1. The fourth-order valence-electron chi connectivity index (χ4n) is 4.23. The van der Waals surface area contributed by atoms with Gasteiger partial charge in [-0.1, -0.05) is 30.3 Å². The fraction of sp³-hybridized carbons (Fsp3) is 0.381. The monoisotopic (exact) mass is 400 g/mol. The van der Waals surface area contributed by atoms with Crippen LogP contribution in [-0.4, -0.2) is 63.0 Å². The van der Waals surface area contributed by atoms with Crippen LogP contribution in [0.15, 0.2) is 54.6 Å².